The third-order valence-electron chi connectivity index (χ3n) is 11.0. The Balaban J connectivity index is 0.872. The van der Waals surface area contributed by atoms with Gasteiger partial charge in [0.15, 0.2) is 0 Å². The molecule has 244 valence electrons. The molecule has 0 radical (unpaired) electrons. The number of nitrogens with zero attached hydrogens (tertiary/aromatic N) is 5. The minimum atomic E-state index is 0.805. The summed E-state index contributed by atoms with van der Waals surface area (Å²) in [6, 6.07) is 24.7. The Bertz CT molecular complexity index is 1360. The quantitative estimate of drug-likeness (QED) is 0.176. The molecule has 5 heteroatoms. The monoisotopic (exact) mass is 617 g/mol. The predicted octanol–water partition coefficient (Wildman–Crippen LogP) is 13.2. The second-order valence-electron chi connectivity index (χ2n) is 14.5. The van der Waals surface area contributed by atoms with Gasteiger partial charge in [0.05, 0.1) is 22.7 Å². The lowest BCUT2D eigenvalue weighted by molar-refractivity contribution is 0.184. The lowest BCUT2D eigenvalue weighted by Gasteiger charge is -2.34. The van der Waals surface area contributed by atoms with Crippen LogP contribution in [0.25, 0.3) is 0 Å². The molecular weight excluding hydrogens is 562 g/mol. The van der Waals surface area contributed by atoms with Crippen LogP contribution in [0.3, 0.4) is 0 Å². The normalized spacial score (nSPS) is 23.9. The van der Waals surface area contributed by atoms with Crippen molar-refractivity contribution in [2.24, 2.45) is 44.1 Å². The fourth-order valence-electron chi connectivity index (χ4n) is 8.24. The van der Waals surface area contributed by atoms with E-state index in [1.165, 1.54) is 108 Å². The van der Waals surface area contributed by atoms with Gasteiger partial charge >= 0.3 is 0 Å². The van der Waals surface area contributed by atoms with Gasteiger partial charge in [-0.05, 0) is 122 Å². The van der Waals surface area contributed by atoms with Crippen LogP contribution < -0.4 is 4.90 Å². The van der Waals surface area contributed by atoms with E-state index in [2.05, 4.69) is 68.7 Å². The number of anilines is 1. The van der Waals surface area contributed by atoms with Crippen LogP contribution in [-0.2, 0) is 6.42 Å². The Kier molecular flexibility index (Phi) is 12.0. The highest BCUT2D eigenvalue weighted by atomic mass is 15.1. The van der Waals surface area contributed by atoms with Gasteiger partial charge in [0.2, 0.25) is 0 Å². The minimum Gasteiger partial charge on any atom is -0.372 e. The highest BCUT2D eigenvalue weighted by molar-refractivity contribution is 5.54. The first-order valence-corrected chi connectivity index (χ1v) is 18.6. The number of benzene rings is 3. The van der Waals surface area contributed by atoms with E-state index in [0.717, 1.165) is 65.9 Å². The summed E-state index contributed by atoms with van der Waals surface area (Å²) >= 11 is 0. The van der Waals surface area contributed by atoms with Crippen LogP contribution in [0, 0.1) is 23.7 Å². The largest absolute Gasteiger partial charge is 0.372 e. The molecule has 1 aliphatic heterocycles. The topological polar surface area (TPSA) is 52.7 Å². The molecule has 3 aromatic carbocycles. The van der Waals surface area contributed by atoms with Gasteiger partial charge in [-0.3, -0.25) is 0 Å². The van der Waals surface area contributed by atoms with Crippen molar-refractivity contribution < 1.29 is 0 Å². The molecule has 2 aliphatic carbocycles. The van der Waals surface area contributed by atoms with E-state index < -0.39 is 0 Å². The van der Waals surface area contributed by atoms with Crippen LogP contribution in [0.1, 0.15) is 109 Å². The Morgan fingerprint density at radius 1 is 0.522 bits per heavy atom. The van der Waals surface area contributed by atoms with Crippen molar-refractivity contribution >= 4 is 28.4 Å². The number of azo groups is 2. The molecule has 0 bridgehead atoms. The smallest absolute Gasteiger partial charge is 0.0858 e. The summed E-state index contributed by atoms with van der Waals surface area (Å²) < 4.78 is 0. The maximum atomic E-state index is 4.46. The molecule has 3 aliphatic rings. The fraction of sp³-hybridized carbons (Fsp3) is 0.561. The first kappa shape index (κ1) is 32.6. The highest BCUT2D eigenvalue weighted by Gasteiger charge is 2.26. The summed E-state index contributed by atoms with van der Waals surface area (Å²) in [4.78, 5) is 2.42. The van der Waals surface area contributed by atoms with Crippen LogP contribution in [0.4, 0.5) is 28.4 Å². The Morgan fingerprint density at radius 3 is 1.41 bits per heavy atom. The highest BCUT2D eigenvalue weighted by Crippen LogP contribution is 2.40. The summed E-state index contributed by atoms with van der Waals surface area (Å²) in [6.07, 6.45) is 22.7. The van der Waals surface area contributed by atoms with Gasteiger partial charge in [0, 0.05) is 18.8 Å². The van der Waals surface area contributed by atoms with E-state index in [1.807, 2.05) is 36.4 Å². The SMILES string of the molecule is CCCC1CCC(CC2CCC(CCCc3ccc(N=Nc4ccc(N=Nc5ccc(N6CCCC6)cc5)cc4)cc3)CC2)CC1. The second-order valence-corrected chi connectivity index (χ2v) is 14.5. The lowest BCUT2D eigenvalue weighted by Crippen LogP contribution is -2.21. The molecule has 0 N–H and O–H groups in total. The Labute approximate surface area is 278 Å². The molecule has 5 nitrogen and oxygen atoms in total. The van der Waals surface area contributed by atoms with Gasteiger partial charge in [-0.15, -0.1) is 0 Å². The van der Waals surface area contributed by atoms with E-state index >= 15 is 0 Å². The van der Waals surface area contributed by atoms with Crippen LogP contribution in [0.5, 0.6) is 0 Å². The second kappa shape index (κ2) is 17.0. The Morgan fingerprint density at radius 2 is 0.935 bits per heavy atom. The predicted molar refractivity (Wildman–Crippen MR) is 192 cm³/mol. The fourth-order valence-corrected chi connectivity index (χ4v) is 8.24. The van der Waals surface area contributed by atoms with Crippen molar-refractivity contribution in [1.29, 1.82) is 0 Å². The number of hydrogen-bond donors (Lipinski definition) is 0. The number of hydrogen-bond acceptors (Lipinski definition) is 5. The van der Waals surface area contributed by atoms with Crippen molar-refractivity contribution in [2.75, 3.05) is 18.0 Å². The zero-order chi connectivity index (χ0) is 31.4. The molecule has 3 fully saturated rings. The molecule has 2 saturated carbocycles. The van der Waals surface area contributed by atoms with E-state index in [9.17, 15) is 0 Å². The summed E-state index contributed by atoms with van der Waals surface area (Å²) in [5, 5.41) is 17.7. The summed E-state index contributed by atoms with van der Waals surface area (Å²) in [5.74, 6) is 4.04. The first-order chi connectivity index (χ1) is 22.7. The maximum Gasteiger partial charge on any atom is 0.0858 e. The van der Waals surface area contributed by atoms with Crippen molar-refractivity contribution in [3.05, 3.63) is 78.4 Å². The van der Waals surface area contributed by atoms with Gasteiger partial charge in [0.25, 0.3) is 0 Å². The zero-order valence-corrected chi connectivity index (χ0v) is 28.2. The van der Waals surface area contributed by atoms with E-state index in [1.54, 1.807) is 0 Å². The summed E-state index contributed by atoms with van der Waals surface area (Å²) in [7, 11) is 0. The first-order valence-electron chi connectivity index (χ1n) is 18.6. The number of rotatable bonds is 13. The molecule has 0 unspecified atom stereocenters. The molecule has 1 heterocycles. The van der Waals surface area contributed by atoms with Crippen LogP contribution in [-0.4, -0.2) is 13.1 Å². The third kappa shape index (κ3) is 9.83. The van der Waals surface area contributed by atoms with Gasteiger partial charge < -0.3 is 4.90 Å². The van der Waals surface area contributed by atoms with Gasteiger partial charge in [-0.25, -0.2) is 0 Å². The summed E-state index contributed by atoms with van der Waals surface area (Å²) in [5.41, 5.74) is 6.05. The van der Waals surface area contributed by atoms with E-state index in [-0.39, 0.29) is 0 Å². The molecule has 46 heavy (non-hydrogen) atoms. The summed E-state index contributed by atoms with van der Waals surface area (Å²) in [6.45, 7) is 4.65. The molecule has 0 spiro atoms. The van der Waals surface area contributed by atoms with E-state index in [0.29, 0.717) is 0 Å². The lowest BCUT2D eigenvalue weighted by atomic mass is 9.72. The number of aryl methyl sites for hydroxylation is 1. The van der Waals surface area contributed by atoms with E-state index in [4.69, 9.17) is 0 Å². The zero-order valence-electron chi connectivity index (χ0n) is 28.2. The van der Waals surface area contributed by atoms with Crippen LogP contribution in [0.2, 0.25) is 0 Å². The average Bonchev–Trinajstić information content (AvgIpc) is 3.65. The maximum absolute atomic E-state index is 4.46. The Hall–Kier alpha value is -3.34. The molecule has 3 aromatic rings. The van der Waals surface area contributed by atoms with Gasteiger partial charge in [0.1, 0.15) is 0 Å². The van der Waals surface area contributed by atoms with Crippen LogP contribution in [0.15, 0.2) is 93.3 Å². The van der Waals surface area contributed by atoms with Crippen molar-refractivity contribution in [3.63, 3.8) is 0 Å². The minimum absolute atomic E-state index is 0.805. The molecule has 0 aromatic heterocycles. The average molecular weight is 618 g/mol. The van der Waals surface area contributed by atoms with Crippen molar-refractivity contribution in [2.45, 2.75) is 110 Å². The molecule has 1 saturated heterocycles. The molecule has 6 rings (SSSR count). The third-order valence-corrected chi connectivity index (χ3v) is 11.0. The van der Waals surface area contributed by atoms with Crippen molar-refractivity contribution in [3.8, 4) is 0 Å². The molecule has 0 atom stereocenters. The van der Waals surface area contributed by atoms with Crippen molar-refractivity contribution in [1.82, 2.24) is 0 Å². The van der Waals surface area contributed by atoms with Gasteiger partial charge in [-0.2, -0.15) is 20.5 Å². The molecular formula is C41H55N5. The van der Waals surface area contributed by atoms with Gasteiger partial charge in [-0.1, -0.05) is 89.7 Å². The van der Waals surface area contributed by atoms with Crippen LogP contribution >= 0.6 is 0 Å². The standard InChI is InChI=1S/C41H55N5/c1-2-6-32-9-13-35(14-10-32)31-36-15-11-33(12-16-36)7-5-8-34-17-19-37(20-18-34)42-43-38-21-23-39(24-22-38)44-45-40-25-27-41(28-26-40)46-29-3-4-30-46/h17-28,32-33,35-36H,2-16,29-31H2,1H3. The molecule has 0 amide bonds.